The van der Waals surface area contributed by atoms with Crippen molar-refractivity contribution in [2.24, 2.45) is 0 Å². The van der Waals surface area contributed by atoms with Gasteiger partial charge in [0.05, 0.1) is 18.5 Å². The number of nitrogens with two attached hydrogens (primary N) is 1. The van der Waals surface area contributed by atoms with Gasteiger partial charge in [-0.2, -0.15) is 0 Å². The standard InChI is InChI=1S/C15H19N3O5S/c1-9-14(24(20,21)18(2)3)8-13(23-9)15(19)17-12-7-10(22-4)5-6-11(12)16/h5-8H,16H2,1-4H3,(H,17,19). The third kappa shape index (κ3) is 3.36. The molecule has 3 N–H and O–H groups in total. The first-order chi connectivity index (χ1) is 11.2. The molecular formula is C15H19N3O5S. The Hall–Kier alpha value is -2.52. The quantitative estimate of drug-likeness (QED) is 0.790. The molecule has 2 rings (SSSR count). The molecule has 1 amide bonds. The van der Waals surface area contributed by atoms with Gasteiger partial charge in [0, 0.05) is 26.2 Å². The predicted octanol–water partition coefficient (Wildman–Crippen LogP) is 1.68. The number of ether oxygens (including phenoxy) is 1. The first-order valence-electron chi connectivity index (χ1n) is 6.94. The zero-order valence-corrected chi connectivity index (χ0v) is 14.6. The maximum atomic E-state index is 12.3. The maximum Gasteiger partial charge on any atom is 0.291 e. The summed E-state index contributed by atoms with van der Waals surface area (Å²) in [5.41, 5.74) is 6.49. The lowest BCUT2D eigenvalue weighted by Gasteiger charge is -2.09. The summed E-state index contributed by atoms with van der Waals surface area (Å²) < 4.78 is 35.8. The Bertz CT molecular complexity index is 871. The Morgan fingerprint density at radius 1 is 1.29 bits per heavy atom. The first-order valence-corrected chi connectivity index (χ1v) is 8.38. The van der Waals surface area contributed by atoms with Crippen LogP contribution in [0.25, 0.3) is 0 Å². The zero-order chi connectivity index (χ0) is 18.1. The van der Waals surface area contributed by atoms with Gasteiger partial charge >= 0.3 is 0 Å². The number of benzene rings is 1. The highest BCUT2D eigenvalue weighted by molar-refractivity contribution is 7.89. The lowest BCUT2D eigenvalue weighted by atomic mass is 10.2. The lowest BCUT2D eigenvalue weighted by Crippen LogP contribution is -2.22. The number of furan rings is 1. The van der Waals surface area contributed by atoms with Crippen molar-refractivity contribution < 1.29 is 22.4 Å². The molecule has 130 valence electrons. The van der Waals surface area contributed by atoms with Crippen molar-refractivity contribution in [3.63, 3.8) is 0 Å². The number of carbonyl (C=O) groups is 1. The van der Waals surface area contributed by atoms with Crippen LogP contribution in [0, 0.1) is 6.92 Å². The van der Waals surface area contributed by atoms with Gasteiger partial charge in [-0.25, -0.2) is 12.7 Å². The number of aryl methyl sites for hydroxylation is 1. The van der Waals surface area contributed by atoms with E-state index in [9.17, 15) is 13.2 Å². The number of methoxy groups -OCH3 is 1. The van der Waals surface area contributed by atoms with Crippen molar-refractivity contribution >= 4 is 27.3 Å². The largest absolute Gasteiger partial charge is 0.497 e. The third-order valence-corrected chi connectivity index (χ3v) is 5.29. The van der Waals surface area contributed by atoms with E-state index in [-0.39, 0.29) is 16.4 Å². The summed E-state index contributed by atoms with van der Waals surface area (Å²) in [4.78, 5) is 12.3. The molecule has 9 heteroatoms. The van der Waals surface area contributed by atoms with E-state index in [1.165, 1.54) is 34.2 Å². The second kappa shape index (κ2) is 6.54. The van der Waals surface area contributed by atoms with E-state index in [0.29, 0.717) is 17.1 Å². The number of nitrogens with one attached hydrogen (secondary N) is 1. The number of carbonyl (C=O) groups excluding carboxylic acids is 1. The molecule has 0 saturated carbocycles. The SMILES string of the molecule is COc1ccc(N)c(NC(=O)c2cc(S(=O)(=O)N(C)C)c(C)o2)c1. The zero-order valence-electron chi connectivity index (χ0n) is 13.8. The number of hydrogen-bond acceptors (Lipinski definition) is 6. The van der Waals surface area contributed by atoms with Crippen LogP contribution in [0.3, 0.4) is 0 Å². The van der Waals surface area contributed by atoms with E-state index in [1.54, 1.807) is 18.2 Å². The van der Waals surface area contributed by atoms with Crippen molar-refractivity contribution in [2.75, 3.05) is 32.3 Å². The van der Waals surface area contributed by atoms with Crippen molar-refractivity contribution in [1.82, 2.24) is 4.31 Å². The third-order valence-electron chi connectivity index (χ3n) is 3.36. The van der Waals surface area contributed by atoms with Gasteiger partial charge in [-0.1, -0.05) is 0 Å². The minimum atomic E-state index is -3.70. The summed E-state index contributed by atoms with van der Waals surface area (Å²) in [5.74, 6) is -0.0909. The van der Waals surface area contributed by atoms with Gasteiger partial charge < -0.3 is 20.2 Å². The highest BCUT2D eigenvalue weighted by Crippen LogP contribution is 2.27. The number of anilines is 2. The van der Waals surface area contributed by atoms with Crippen LogP contribution in [-0.4, -0.2) is 39.8 Å². The van der Waals surface area contributed by atoms with Gasteiger partial charge in [-0.15, -0.1) is 0 Å². The van der Waals surface area contributed by atoms with Gasteiger partial charge in [0.15, 0.2) is 5.76 Å². The van der Waals surface area contributed by atoms with Crippen molar-refractivity contribution in [3.8, 4) is 5.75 Å². The molecule has 0 aliphatic heterocycles. The van der Waals surface area contributed by atoms with E-state index in [4.69, 9.17) is 14.9 Å². The molecule has 1 aromatic carbocycles. The molecule has 0 spiro atoms. The van der Waals surface area contributed by atoms with Gasteiger partial charge in [0.2, 0.25) is 10.0 Å². The van der Waals surface area contributed by atoms with Gasteiger partial charge in [-0.05, 0) is 19.1 Å². The summed E-state index contributed by atoms with van der Waals surface area (Å²) in [6, 6.07) is 5.99. The molecular weight excluding hydrogens is 334 g/mol. The molecule has 0 unspecified atom stereocenters. The van der Waals surface area contributed by atoms with Crippen molar-refractivity contribution in [3.05, 3.63) is 35.8 Å². The molecule has 1 heterocycles. The Kier molecular flexibility index (Phi) is 4.86. The van der Waals surface area contributed by atoms with Crippen LogP contribution in [-0.2, 0) is 10.0 Å². The Labute approximate surface area is 140 Å². The fraction of sp³-hybridized carbons (Fsp3) is 0.267. The summed E-state index contributed by atoms with van der Waals surface area (Å²) in [6.45, 7) is 1.48. The average Bonchev–Trinajstić information content (AvgIpc) is 2.92. The van der Waals surface area contributed by atoms with Crippen LogP contribution in [0.4, 0.5) is 11.4 Å². The molecule has 1 aromatic heterocycles. The fourth-order valence-electron chi connectivity index (χ4n) is 1.98. The number of amides is 1. The normalized spacial score (nSPS) is 11.5. The van der Waals surface area contributed by atoms with Crippen molar-refractivity contribution in [2.45, 2.75) is 11.8 Å². The van der Waals surface area contributed by atoms with Crippen LogP contribution in [0.2, 0.25) is 0 Å². The molecule has 0 aliphatic carbocycles. The monoisotopic (exact) mass is 353 g/mol. The number of rotatable bonds is 5. The minimum Gasteiger partial charge on any atom is -0.497 e. The first kappa shape index (κ1) is 17.8. The van der Waals surface area contributed by atoms with E-state index in [1.807, 2.05) is 0 Å². The van der Waals surface area contributed by atoms with E-state index in [0.717, 1.165) is 4.31 Å². The highest BCUT2D eigenvalue weighted by Gasteiger charge is 2.26. The number of sulfonamides is 1. The molecule has 24 heavy (non-hydrogen) atoms. The second-order valence-electron chi connectivity index (χ2n) is 5.23. The number of hydrogen-bond donors (Lipinski definition) is 2. The summed E-state index contributed by atoms with van der Waals surface area (Å²) in [6.07, 6.45) is 0. The van der Waals surface area contributed by atoms with Crippen LogP contribution in [0.1, 0.15) is 16.3 Å². The Morgan fingerprint density at radius 3 is 2.54 bits per heavy atom. The molecule has 2 aromatic rings. The van der Waals surface area contributed by atoms with Crippen LogP contribution in [0.15, 0.2) is 33.6 Å². The minimum absolute atomic E-state index is 0.0590. The van der Waals surface area contributed by atoms with Crippen LogP contribution >= 0.6 is 0 Å². The molecule has 0 saturated heterocycles. The molecule has 0 radical (unpaired) electrons. The van der Waals surface area contributed by atoms with Crippen molar-refractivity contribution in [1.29, 1.82) is 0 Å². The van der Waals surface area contributed by atoms with E-state index in [2.05, 4.69) is 5.32 Å². The Balaban J connectivity index is 2.32. The lowest BCUT2D eigenvalue weighted by molar-refractivity contribution is 0.0995. The topological polar surface area (TPSA) is 115 Å². The summed E-state index contributed by atoms with van der Waals surface area (Å²) in [5, 5.41) is 2.58. The number of nitrogens with zero attached hydrogens (tertiary/aromatic N) is 1. The molecule has 0 atom stereocenters. The summed E-state index contributed by atoms with van der Waals surface area (Å²) >= 11 is 0. The predicted molar refractivity (Wildman–Crippen MR) is 89.7 cm³/mol. The highest BCUT2D eigenvalue weighted by atomic mass is 32.2. The smallest absolute Gasteiger partial charge is 0.291 e. The van der Waals surface area contributed by atoms with Gasteiger partial charge in [0.1, 0.15) is 16.4 Å². The van der Waals surface area contributed by atoms with Crippen LogP contribution < -0.4 is 15.8 Å². The van der Waals surface area contributed by atoms with E-state index >= 15 is 0 Å². The molecule has 0 bridgehead atoms. The van der Waals surface area contributed by atoms with E-state index < -0.39 is 15.9 Å². The average molecular weight is 353 g/mol. The fourth-order valence-corrected chi connectivity index (χ4v) is 3.04. The molecule has 0 aliphatic rings. The van der Waals surface area contributed by atoms with Crippen LogP contribution in [0.5, 0.6) is 5.75 Å². The van der Waals surface area contributed by atoms with Gasteiger partial charge in [-0.3, -0.25) is 4.79 Å². The summed E-state index contributed by atoms with van der Waals surface area (Å²) in [7, 11) is 0.597. The molecule has 8 nitrogen and oxygen atoms in total. The van der Waals surface area contributed by atoms with Gasteiger partial charge in [0.25, 0.3) is 5.91 Å². The maximum absolute atomic E-state index is 12.3. The molecule has 0 fully saturated rings. The Morgan fingerprint density at radius 2 is 1.96 bits per heavy atom. The number of nitrogen functional groups attached to an aromatic ring is 1. The second-order valence-corrected chi connectivity index (χ2v) is 7.35.